The normalized spacial score (nSPS) is 10.4. The van der Waals surface area contributed by atoms with Gasteiger partial charge in [0, 0.05) is 25.5 Å². The van der Waals surface area contributed by atoms with E-state index in [0.29, 0.717) is 17.1 Å². The molecular weight excluding hydrogens is 262 g/mol. The van der Waals surface area contributed by atoms with Crippen molar-refractivity contribution in [3.05, 3.63) is 40.7 Å². The van der Waals surface area contributed by atoms with Crippen LogP contribution >= 0.6 is 11.3 Å². The molecule has 6 heteroatoms. The van der Waals surface area contributed by atoms with E-state index < -0.39 is 5.97 Å². The average Bonchev–Trinajstić information content (AvgIpc) is 2.79. The molecule has 2 rings (SSSR count). The molecule has 0 saturated heterocycles. The number of carboxylic acids is 1. The van der Waals surface area contributed by atoms with Crippen molar-refractivity contribution >= 4 is 22.4 Å². The number of aromatic nitrogens is 2. The van der Waals surface area contributed by atoms with E-state index in [0.717, 1.165) is 17.2 Å². The van der Waals surface area contributed by atoms with Crippen molar-refractivity contribution in [2.75, 3.05) is 11.4 Å². The third kappa shape index (κ3) is 3.08. The van der Waals surface area contributed by atoms with Crippen molar-refractivity contribution in [2.24, 2.45) is 0 Å². The van der Waals surface area contributed by atoms with E-state index in [9.17, 15) is 4.79 Å². The predicted octanol–water partition coefficient (Wildman–Crippen LogP) is 2.57. The Morgan fingerprint density at radius 3 is 2.63 bits per heavy atom. The number of anilines is 1. The van der Waals surface area contributed by atoms with Gasteiger partial charge >= 0.3 is 5.97 Å². The zero-order valence-electron chi connectivity index (χ0n) is 10.8. The summed E-state index contributed by atoms with van der Waals surface area (Å²) >= 11 is 1.22. The maximum atomic E-state index is 11.0. The number of aryl methyl sites for hydroxylation is 1. The first-order chi connectivity index (χ1) is 9.11. The van der Waals surface area contributed by atoms with E-state index in [1.165, 1.54) is 11.3 Å². The molecule has 1 N–H and O–H groups in total. The summed E-state index contributed by atoms with van der Waals surface area (Å²) in [5.41, 5.74) is 1.70. The Morgan fingerprint density at radius 2 is 2.11 bits per heavy atom. The van der Waals surface area contributed by atoms with Gasteiger partial charge in [0.25, 0.3) is 0 Å². The lowest BCUT2D eigenvalue weighted by Gasteiger charge is -2.19. The topological polar surface area (TPSA) is 66.3 Å². The molecule has 0 atom stereocenters. The molecule has 0 fully saturated rings. The first-order valence-corrected chi connectivity index (χ1v) is 6.78. The van der Waals surface area contributed by atoms with Gasteiger partial charge in [-0.3, -0.25) is 4.98 Å². The highest BCUT2D eigenvalue weighted by atomic mass is 32.1. The van der Waals surface area contributed by atoms with Gasteiger partial charge in [-0.25, -0.2) is 9.78 Å². The number of hydrogen-bond donors (Lipinski definition) is 1. The van der Waals surface area contributed by atoms with Crippen LogP contribution in [-0.2, 0) is 6.54 Å². The van der Waals surface area contributed by atoms with Crippen LogP contribution in [0.25, 0.3) is 0 Å². The fourth-order valence-corrected chi connectivity index (χ4v) is 2.71. The van der Waals surface area contributed by atoms with Crippen molar-refractivity contribution in [2.45, 2.75) is 20.4 Å². The molecule has 2 aromatic rings. The van der Waals surface area contributed by atoms with Gasteiger partial charge in [0.15, 0.2) is 5.13 Å². The van der Waals surface area contributed by atoms with Gasteiger partial charge in [0.05, 0.1) is 5.69 Å². The summed E-state index contributed by atoms with van der Waals surface area (Å²) in [7, 11) is 0. The molecular formula is C13H15N3O2S. The smallest absolute Gasteiger partial charge is 0.347 e. The van der Waals surface area contributed by atoms with Crippen LogP contribution in [0.5, 0.6) is 0 Å². The number of rotatable bonds is 5. The first kappa shape index (κ1) is 13.5. The fraction of sp³-hybridized carbons (Fsp3) is 0.308. The molecule has 0 bridgehead atoms. The number of nitrogens with zero attached hydrogens (tertiary/aromatic N) is 3. The van der Waals surface area contributed by atoms with Crippen molar-refractivity contribution < 1.29 is 9.90 Å². The summed E-state index contributed by atoms with van der Waals surface area (Å²) in [5, 5.41) is 9.81. The Hall–Kier alpha value is -1.95. The highest BCUT2D eigenvalue weighted by Gasteiger charge is 2.17. The third-order valence-electron chi connectivity index (χ3n) is 2.75. The zero-order valence-corrected chi connectivity index (χ0v) is 11.6. The molecule has 0 aliphatic heterocycles. The molecule has 5 nitrogen and oxygen atoms in total. The van der Waals surface area contributed by atoms with Crippen LogP contribution in [0.3, 0.4) is 0 Å². The minimum absolute atomic E-state index is 0.308. The standard InChI is InChI=1S/C13H15N3O2S/c1-3-16(8-10-4-6-14-7-5-10)13-15-9(2)11(19-13)12(17)18/h4-7H,3,8H2,1-2H3,(H,17,18). The number of pyridine rings is 1. The van der Waals surface area contributed by atoms with E-state index in [-0.39, 0.29) is 0 Å². The minimum atomic E-state index is -0.916. The van der Waals surface area contributed by atoms with Gasteiger partial charge in [0.1, 0.15) is 4.88 Å². The van der Waals surface area contributed by atoms with Crippen LogP contribution in [-0.4, -0.2) is 27.6 Å². The maximum Gasteiger partial charge on any atom is 0.347 e. The Balaban J connectivity index is 2.22. The molecule has 0 spiro atoms. The molecule has 2 heterocycles. The van der Waals surface area contributed by atoms with Crippen LogP contribution in [0.15, 0.2) is 24.5 Å². The van der Waals surface area contributed by atoms with Gasteiger partial charge in [0.2, 0.25) is 0 Å². The predicted molar refractivity (Wildman–Crippen MR) is 74.8 cm³/mol. The molecule has 2 aromatic heterocycles. The van der Waals surface area contributed by atoms with Crippen molar-refractivity contribution in [3.8, 4) is 0 Å². The summed E-state index contributed by atoms with van der Waals surface area (Å²) in [5.74, 6) is -0.916. The van der Waals surface area contributed by atoms with Crippen LogP contribution in [0.1, 0.15) is 27.9 Å². The average molecular weight is 277 g/mol. The molecule has 100 valence electrons. The summed E-state index contributed by atoms with van der Waals surface area (Å²) in [6.45, 7) is 5.22. The van der Waals surface area contributed by atoms with Gasteiger partial charge in [-0.1, -0.05) is 11.3 Å². The van der Waals surface area contributed by atoms with Gasteiger partial charge < -0.3 is 10.0 Å². The maximum absolute atomic E-state index is 11.0. The molecule has 0 aromatic carbocycles. The van der Waals surface area contributed by atoms with Gasteiger partial charge in [-0.2, -0.15) is 0 Å². The van der Waals surface area contributed by atoms with Crippen molar-refractivity contribution in [1.82, 2.24) is 9.97 Å². The second kappa shape index (κ2) is 5.79. The molecule has 0 aliphatic rings. The van der Waals surface area contributed by atoms with E-state index in [2.05, 4.69) is 14.9 Å². The van der Waals surface area contributed by atoms with E-state index >= 15 is 0 Å². The fourth-order valence-electron chi connectivity index (χ4n) is 1.74. The lowest BCUT2D eigenvalue weighted by molar-refractivity contribution is 0.0701. The van der Waals surface area contributed by atoms with Crippen molar-refractivity contribution in [3.63, 3.8) is 0 Å². The minimum Gasteiger partial charge on any atom is -0.477 e. The highest BCUT2D eigenvalue weighted by molar-refractivity contribution is 7.17. The summed E-state index contributed by atoms with van der Waals surface area (Å²) < 4.78 is 0. The van der Waals surface area contributed by atoms with E-state index in [4.69, 9.17) is 5.11 Å². The lowest BCUT2D eigenvalue weighted by Crippen LogP contribution is -2.21. The SMILES string of the molecule is CCN(Cc1ccncc1)c1nc(C)c(C(=O)O)s1. The third-order valence-corrected chi connectivity index (χ3v) is 3.96. The Bertz CT molecular complexity index is 569. The second-order valence-corrected chi connectivity index (χ2v) is 5.06. The summed E-state index contributed by atoms with van der Waals surface area (Å²) in [6.07, 6.45) is 3.50. The molecule has 0 saturated carbocycles. The second-order valence-electron chi connectivity index (χ2n) is 4.09. The Labute approximate surface area is 115 Å². The monoisotopic (exact) mass is 277 g/mol. The largest absolute Gasteiger partial charge is 0.477 e. The van der Waals surface area contributed by atoms with E-state index in [1.54, 1.807) is 19.3 Å². The van der Waals surface area contributed by atoms with Crippen LogP contribution in [0.4, 0.5) is 5.13 Å². The van der Waals surface area contributed by atoms with Crippen LogP contribution in [0, 0.1) is 6.92 Å². The number of carbonyl (C=O) groups is 1. The molecule has 19 heavy (non-hydrogen) atoms. The molecule has 0 radical (unpaired) electrons. The summed E-state index contributed by atoms with van der Waals surface area (Å²) in [4.78, 5) is 21.7. The lowest BCUT2D eigenvalue weighted by atomic mass is 10.2. The van der Waals surface area contributed by atoms with Gasteiger partial charge in [-0.05, 0) is 31.5 Å². The van der Waals surface area contributed by atoms with Crippen LogP contribution in [0.2, 0.25) is 0 Å². The Morgan fingerprint density at radius 1 is 1.42 bits per heavy atom. The molecule has 0 unspecified atom stereocenters. The quantitative estimate of drug-likeness (QED) is 0.909. The van der Waals surface area contributed by atoms with Gasteiger partial charge in [-0.15, -0.1) is 0 Å². The number of aromatic carboxylic acids is 1. The highest BCUT2D eigenvalue weighted by Crippen LogP contribution is 2.27. The van der Waals surface area contributed by atoms with Crippen molar-refractivity contribution in [1.29, 1.82) is 0 Å². The van der Waals surface area contributed by atoms with Crippen LogP contribution < -0.4 is 4.90 Å². The number of carboxylic acid groups (broad SMARTS) is 1. The number of hydrogen-bond acceptors (Lipinski definition) is 5. The summed E-state index contributed by atoms with van der Waals surface area (Å²) in [6, 6.07) is 3.89. The first-order valence-electron chi connectivity index (χ1n) is 5.96. The Kier molecular flexibility index (Phi) is 4.11. The van der Waals surface area contributed by atoms with E-state index in [1.807, 2.05) is 19.1 Å². The zero-order chi connectivity index (χ0) is 13.8. The molecule has 0 aliphatic carbocycles. The molecule has 0 amide bonds. The number of thiazole rings is 1.